The number of hydrogen-bond acceptors (Lipinski definition) is 4. The van der Waals surface area contributed by atoms with Crippen LogP contribution in [0.5, 0.6) is 0 Å². The molecular formula is C35H23N3OS. The van der Waals surface area contributed by atoms with E-state index in [0.29, 0.717) is 5.95 Å². The molecule has 4 aromatic carbocycles. The third-order valence-electron chi connectivity index (χ3n) is 8.40. The number of aromatic nitrogens is 3. The molecule has 0 radical (unpaired) electrons. The van der Waals surface area contributed by atoms with Gasteiger partial charge in [0.1, 0.15) is 16.2 Å². The molecule has 1 aliphatic carbocycles. The zero-order valence-electron chi connectivity index (χ0n) is 21.7. The summed E-state index contributed by atoms with van der Waals surface area (Å²) in [6.07, 6.45) is 8.91. The number of thioether (sulfide) groups is 1. The Morgan fingerprint density at radius 3 is 2.45 bits per heavy atom. The Hall–Kier alpha value is -4.61. The second kappa shape index (κ2) is 7.96. The van der Waals surface area contributed by atoms with Crippen LogP contribution in [-0.2, 0) is 0 Å². The lowest BCUT2D eigenvalue weighted by molar-refractivity contribution is 0.669. The van der Waals surface area contributed by atoms with Crippen LogP contribution in [0.4, 0.5) is 0 Å². The Balaban J connectivity index is 1.39. The number of para-hydroxylation sites is 2. The number of furan rings is 1. The van der Waals surface area contributed by atoms with Gasteiger partial charge in [0.05, 0.1) is 16.7 Å². The largest absolute Gasteiger partial charge is 0.456 e. The lowest BCUT2D eigenvalue weighted by Crippen LogP contribution is -2.22. The van der Waals surface area contributed by atoms with E-state index in [1.165, 1.54) is 5.56 Å². The van der Waals surface area contributed by atoms with E-state index in [0.717, 1.165) is 60.0 Å². The minimum atomic E-state index is -0.0867. The molecule has 2 unspecified atom stereocenters. The molecule has 4 nitrogen and oxygen atoms in total. The van der Waals surface area contributed by atoms with Gasteiger partial charge in [0.15, 0.2) is 0 Å². The van der Waals surface area contributed by atoms with E-state index < -0.39 is 0 Å². The number of benzene rings is 4. The van der Waals surface area contributed by atoms with Gasteiger partial charge in [-0.05, 0) is 31.2 Å². The molecule has 5 heteroatoms. The smallest absolute Gasteiger partial charge is 0.236 e. The number of nitrogens with zero attached hydrogens (tertiary/aromatic N) is 3. The van der Waals surface area contributed by atoms with Crippen LogP contribution in [0.15, 0.2) is 125 Å². The average molecular weight is 534 g/mol. The molecule has 0 saturated heterocycles. The van der Waals surface area contributed by atoms with E-state index in [2.05, 4.69) is 115 Å². The van der Waals surface area contributed by atoms with Crippen LogP contribution in [0.1, 0.15) is 18.4 Å². The van der Waals surface area contributed by atoms with Crippen LogP contribution in [0.25, 0.3) is 61.0 Å². The summed E-state index contributed by atoms with van der Waals surface area (Å²) in [7, 11) is 0. The molecule has 3 aromatic heterocycles. The lowest BCUT2D eigenvalue weighted by Gasteiger charge is -2.27. The van der Waals surface area contributed by atoms with Gasteiger partial charge in [0, 0.05) is 43.3 Å². The summed E-state index contributed by atoms with van der Waals surface area (Å²) in [5.74, 6) is 0.912. The van der Waals surface area contributed by atoms with Crippen LogP contribution in [0.3, 0.4) is 0 Å². The minimum absolute atomic E-state index is 0.0867. The van der Waals surface area contributed by atoms with Crippen molar-refractivity contribution in [2.24, 2.45) is 0 Å². The topological polar surface area (TPSA) is 43.9 Å². The van der Waals surface area contributed by atoms with Gasteiger partial charge in [-0.2, -0.15) is 0 Å². The van der Waals surface area contributed by atoms with Gasteiger partial charge in [-0.1, -0.05) is 103 Å². The minimum Gasteiger partial charge on any atom is -0.456 e. The van der Waals surface area contributed by atoms with Crippen LogP contribution in [0, 0.1) is 0 Å². The Morgan fingerprint density at radius 2 is 1.55 bits per heavy atom. The molecule has 0 bridgehead atoms. The van der Waals surface area contributed by atoms with Gasteiger partial charge in [-0.25, -0.2) is 9.97 Å². The molecule has 190 valence electrons. The summed E-state index contributed by atoms with van der Waals surface area (Å²) >= 11 is 1.84. The molecular weight excluding hydrogens is 510 g/mol. The van der Waals surface area contributed by atoms with Gasteiger partial charge in [0.25, 0.3) is 0 Å². The maximum absolute atomic E-state index is 6.27. The first-order valence-corrected chi connectivity index (χ1v) is 14.4. The Bertz CT molecular complexity index is 2220. The summed E-state index contributed by atoms with van der Waals surface area (Å²) in [4.78, 5) is 10.7. The van der Waals surface area contributed by atoms with Crippen molar-refractivity contribution in [3.05, 3.63) is 121 Å². The summed E-state index contributed by atoms with van der Waals surface area (Å²) in [5, 5.41) is 5.55. The fourth-order valence-corrected chi connectivity index (χ4v) is 7.87. The lowest BCUT2D eigenvalue weighted by atomic mass is 9.83. The Kier molecular flexibility index (Phi) is 4.43. The molecule has 0 spiro atoms. The van der Waals surface area contributed by atoms with Crippen molar-refractivity contribution in [3.8, 4) is 17.2 Å². The second-order valence-electron chi connectivity index (χ2n) is 10.8. The van der Waals surface area contributed by atoms with E-state index in [1.54, 1.807) is 0 Å². The maximum Gasteiger partial charge on any atom is 0.236 e. The van der Waals surface area contributed by atoms with Crippen molar-refractivity contribution >= 4 is 55.5 Å². The van der Waals surface area contributed by atoms with Crippen molar-refractivity contribution in [3.63, 3.8) is 0 Å². The van der Waals surface area contributed by atoms with Crippen molar-refractivity contribution in [1.29, 1.82) is 0 Å². The van der Waals surface area contributed by atoms with Crippen molar-refractivity contribution in [2.45, 2.75) is 22.6 Å². The normalized spacial score (nSPS) is 19.7. The first kappa shape index (κ1) is 22.2. The predicted octanol–water partition coefficient (Wildman–Crippen LogP) is 9.21. The van der Waals surface area contributed by atoms with E-state index in [4.69, 9.17) is 14.4 Å². The van der Waals surface area contributed by atoms with E-state index >= 15 is 0 Å². The van der Waals surface area contributed by atoms with Gasteiger partial charge >= 0.3 is 0 Å². The highest BCUT2D eigenvalue weighted by Gasteiger charge is 2.44. The molecule has 2 aliphatic rings. The van der Waals surface area contributed by atoms with Crippen molar-refractivity contribution in [1.82, 2.24) is 14.5 Å². The molecule has 2 atom stereocenters. The fourth-order valence-electron chi connectivity index (χ4n) is 6.52. The van der Waals surface area contributed by atoms with Crippen LogP contribution >= 0.6 is 11.8 Å². The summed E-state index contributed by atoms with van der Waals surface area (Å²) < 4.78 is 8.42. The third kappa shape index (κ3) is 2.98. The third-order valence-corrected chi connectivity index (χ3v) is 9.74. The first-order valence-electron chi connectivity index (χ1n) is 13.6. The monoisotopic (exact) mass is 533 g/mol. The van der Waals surface area contributed by atoms with Crippen LogP contribution < -0.4 is 0 Å². The first-order chi connectivity index (χ1) is 19.7. The molecule has 7 aromatic rings. The highest BCUT2D eigenvalue weighted by atomic mass is 32.2. The molecule has 0 fully saturated rings. The van der Waals surface area contributed by atoms with Gasteiger partial charge in [-0.3, -0.25) is 4.57 Å². The standard InChI is InChI=1S/C35H23N3OS/c1-35-18-10-9-15-26(35)31-32(21-11-3-2-4-12-21)36-34(37-33(31)40-35)38-27-16-7-5-13-22(27)24-20-30-25(19-28(24)38)23-14-6-8-17-29(23)39-30/h2-20,26H,1H3. The second-order valence-corrected chi connectivity index (χ2v) is 12.3. The molecule has 0 N–H and O–H groups in total. The fraction of sp³-hybridized carbons (Fsp3) is 0.0857. The predicted molar refractivity (Wildman–Crippen MR) is 164 cm³/mol. The van der Waals surface area contributed by atoms with Crippen molar-refractivity contribution in [2.75, 3.05) is 0 Å². The SMILES string of the molecule is CC12C=CC=CC1c1c(nc(-n3c4ccccc4c4cc5oc6ccccc6c5cc43)nc1-c1ccccc1)S2. The van der Waals surface area contributed by atoms with E-state index in [9.17, 15) is 0 Å². The Labute approximate surface area is 234 Å². The molecule has 4 heterocycles. The zero-order chi connectivity index (χ0) is 26.4. The summed E-state index contributed by atoms with van der Waals surface area (Å²) in [6, 6.07) is 31.7. The number of fused-ring (bicyclic) bond motifs is 9. The van der Waals surface area contributed by atoms with Crippen LogP contribution in [-0.4, -0.2) is 19.3 Å². The molecule has 0 saturated carbocycles. The molecule has 40 heavy (non-hydrogen) atoms. The van der Waals surface area contributed by atoms with Crippen LogP contribution in [0.2, 0.25) is 0 Å². The quantitative estimate of drug-likeness (QED) is 0.208. The van der Waals surface area contributed by atoms with Gasteiger partial charge in [-0.15, -0.1) is 0 Å². The number of rotatable bonds is 2. The average Bonchev–Trinajstić information content (AvgIpc) is 3.62. The van der Waals surface area contributed by atoms with Crippen molar-refractivity contribution < 1.29 is 4.42 Å². The maximum atomic E-state index is 6.27. The van der Waals surface area contributed by atoms with Gasteiger partial charge < -0.3 is 4.42 Å². The zero-order valence-corrected chi connectivity index (χ0v) is 22.5. The summed E-state index contributed by atoms with van der Waals surface area (Å²) in [6.45, 7) is 2.31. The van der Waals surface area contributed by atoms with E-state index in [1.807, 2.05) is 23.9 Å². The summed E-state index contributed by atoms with van der Waals surface area (Å²) in [5.41, 5.74) is 7.27. The molecule has 9 rings (SSSR count). The van der Waals surface area contributed by atoms with E-state index in [-0.39, 0.29) is 10.7 Å². The molecule has 0 amide bonds. The highest BCUT2D eigenvalue weighted by Crippen LogP contribution is 2.57. The highest BCUT2D eigenvalue weighted by molar-refractivity contribution is 8.01. The number of allylic oxidation sites excluding steroid dienone is 3. The number of hydrogen-bond donors (Lipinski definition) is 0. The van der Waals surface area contributed by atoms with Gasteiger partial charge in [0.2, 0.25) is 5.95 Å². The Morgan fingerprint density at radius 1 is 0.750 bits per heavy atom. The molecule has 1 aliphatic heterocycles.